The van der Waals surface area contributed by atoms with Gasteiger partial charge in [0, 0.05) is 12.6 Å². The summed E-state index contributed by atoms with van der Waals surface area (Å²) in [7, 11) is 0. The van der Waals surface area contributed by atoms with Crippen LogP contribution in [0.25, 0.3) is 0 Å². The number of nitrogens with zero attached hydrogens (tertiary/aromatic N) is 1. The molecule has 0 atom stereocenters. The van der Waals surface area contributed by atoms with E-state index >= 15 is 0 Å². The minimum atomic E-state index is -0.419. The van der Waals surface area contributed by atoms with E-state index in [-0.39, 0.29) is 17.5 Å². The van der Waals surface area contributed by atoms with Crippen molar-refractivity contribution in [3.63, 3.8) is 0 Å². The van der Waals surface area contributed by atoms with Gasteiger partial charge in [0.2, 0.25) is 0 Å². The Hall–Kier alpha value is -1.42. The van der Waals surface area contributed by atoms with E-state index in [2.05, 4.69) is 5.32 Å². The number of piperidine rings is 1. The molecule has 0 aliphatic carbocycles. The molecule has 1 aromatic rings. The standard InChI is InChI=1S/C15H21FN2O/c1-3-18(12-6-8-17-9-7-12)15(19)13-5-4-11(2)10-14(13)16/h4-5,10,12,17H,3,6-9H2,1-2H3. The van der Waals surface area contributed by atoms with Gasteiger partial charge in [-0.1, -0.05) is 6.07 Å². The first-order valence-electron chi connectivity index (χ1n) is 6.91. The molecule has 19 heavy (non-hydrogen) atoms. The van der Waals surface area contributed by atoms with Crippen LogP contribution < -0.4 is 5.32 Å². The third-order valence-corrected chi connectivity index (χ3v) is 3.71. The summed E-state index contributed by atoms with van der Waals surface area (Å²) in [5, 5.41) is 3.28. The van der Waals surface area contributed by atoms with Crippen molar-refractivity contribution in [3.8, 4) is 0 Å². The van der Waals surface area contributed by atoms with Gasteiger partial charge in [0.1, 0.15) is 5.82 Å². The summed E-state index contributed by atoms with van der Waals surface area (Å²) in [4.78, 5) is 14.3. The number of hydrogen-bond donors (Lipinski definition) is 1. The first-order valence-corrected chi connectivity index (χ1v) is 6.91. The van der Waals surface area contributed by atoms with Crippen LogP contribution in [0.4, 0.5) is 4.39 Å². The van der Waals surface area contributed by atoms with Gasteiger partial charge in [0.25, 0.3) is 5.91 Å². The lowest BCUT2D eigenvalue weighted by Crippen LogP contribution is -2.46. The van der Waals surface area contributed by atoms with E-state index in [9.17, 15) is 9.18 Å². The highest BCUT2D eigenvalue weighted by molar-refractivity contribution is 5.94. The largest absolute Gasteiger partial charge is 0.336 e. The van der Waals surface area contributed by atoms with Crippen molar-refractivity contribution in [2.45, 2.75) is 32.7 Å². The summed E-state index contributed by atoms with van der Waals surface area (Å²) in [5.74, 6) is -0.607. The van der Waals surface area contributed by atoms with Crippen molar-refractivity contribution in [2.75, 3.05) is 19.6 Å². The third kappa shape index (κ3) is 3.13. The number of halogens is 1. The molecule has 1 heterocycles. The maximum atomic E-state index is 13.9. The van der Waals surface area contributed by atoms with Gasteiger partial charge in [-0.25, -0.2) is 4.39 Å². The first kappa shape index (κ1) is 14.0. The summed E-state index contributed by atoms with van der Waals surface area (Å²) in [6, 6.07) is 5.02. The molecule has 1 amide bonds. The van der Waals surface area contributed by atoms with Crippen LogP contribution in [0.2, 0.25) is 0 Å². The normalized spacial score (nSPS) is 16.4. The molecule has 4 heteroatoms. The van der Waals surface area contributed by atoms with Crippen molar-refractivity contribution in [2.24, 2.45) is 0 Å². The number of benzene rings is 1. The lowest BCUT2D eigenvalue weighted by atomic mass is 10.0. The van der Waals surface area contributed by atoms with Crippen molar-refractivity contribution < 1.29 is 9.18 Å². The maximum Gasteiger partial charge on any atom is 0.257 e. The van der Waals surface area contributed by atoms with E-state index in [1.807, 2.05) is 13.8 Å². The molecule has 1 N–H and O–H groups in total. The summed E-state index contributed by atoms with van der Waals surface area (Å²) in [6.45, 7) is 6.24. The molecule has 2 rings (SSSR count). The Labute approximate surface area is 113 Å². The number of aryl methyl sites for hydroxylation is 1. The van der Waals surface area contributed by atoms with E-state index < -0.39 is 5.82 Å². The zero-order chi connectivity index (χ0) is 13.8. The smallest absolute Gasteiger partial charge is 0.257 e. The second-order valence-corrected chi connectivity index (χ2v) is 5.06. The van der Waals surface area contributed by atoms with Crippen LogP contribution in [0, 0.1) is 12.7 Å². The zero-order valence-electron chi connectivity index (χ0n) is 11.6. The Morgan fingerprint density at radius 2 is 2.11 bits per heavy atom. The van der Waals surface area contributed by atoms with Crippen molar-refractivity contribution in [1.29, 1.82) is 0 Å². The molecule has 0 aromatic heterocycles. The number of amides is 1. The Balaban J connectivity index is 2.19. The molecule has 0 unspecified atom stereocenters. The number of carbonyl (C=O) groups is 1. The van der Waals surface area contributed by atoms with Crippen molar-refractivity contribution in [3.05, 3.63) is 35.1 Å². The Morgan fingerprint density at radius 1 is 1.42 bits per heavy atom. The van der Waals surface area contributed by atoms with Crippen LogP contribution in [0.3, 0.4) is 0 Å². The first-order chi connectivity index (χ1) is 9.13. The molecular formula is C15H21FN2O. The Kier molecular flexibility index (Phi) is 4.53. The third-order valence-electron chi connectivity index (χ3n) is 3.71. The average Bonchev–Trinajstić information content (AvgIpc) is 2.40. The number of rotatable bonds is 3. The van der Waals surface area contributed by atoms with E-state index in [1.54, 1.807) is 17.0 Å². The molecule has 3 nitrogen and oxygen atoms in total. The van der Waals surface area contributed by atoms with Crippen LogP contribution in [-0.4, -0.2) is 36.5 Å². The molecule has 0 radical (unpaired) electrons. The summed E-state index contributed by atoms with van der Waals surface area (Å²) >= 11 is 0. The zero-order valence-corrected chi connectivity index (χ0v) is 11.6. The minimum absolute atomic E-state index is 0.186. The highest BCUT2D eigenvalue weighted by atomic mass is 19.1. The average molecular weight is 264 g/mol. The lowest BCUT2D eigenvalue weighted by molar-refractivity contribution is 0.0651. The highest BCUT2D eigenvalue weighted by Crippen LogP contribution is 2.18. The van der Waals surface area contributed by atoms with E-state index in [4.69, 9.17) is 0 Å². The maximum absolute atomic E-state index is 13.9. The van der Waals surface area contributed by atoms with E-state index in [0.29, 0.717) is 6.54 Å². The van der Waals surface area contributed by atoms with Crippen LogP contribution in [0.5, 0.6) is 0 Å². The summed E-state index contributed by atoms with van der Waals surface area (Å²) < 4.78 is 13.9. The Morgan fingerprint density at radius 3 is 2.68 bits per heavy atom. The molecule has 104 valence electrons. The molecular weight excluding hydrogens is 243 g/mol. The summed E-state index contributed by atoms with van der Waals surface area (Å²) in [5.41, 5.74) is 1.02. The molecule has 1 aromatic carbocycles. The molecule has 0 bridgehead atoms. The molecule has 0 spiro atoms. The SMILES string of the molecule is CCN(C(=O)c1ccc(C)cc1F)C1CCNCC1. The van der Waals surface area contributed by atoms with Crippen molar-refractivity contribution in [1.82, 2.24) is 10.2 Å². The molecule has 1 saturated heterocycles. The van der Waals surface area contributed by atoms with Gasteiger partial charge in [-0.15, -0.1) is 0 Å². The minimum Gasteiger partial charge on any atom is -0.336 e. The molecule has 1 fully saturated rings. The Bertz CT molecular complexity index is 455. The van der Waals surface area contributed by atoms with Gasteiger partial charge in [0.05, 0.1) is 5.56 Å². The predicted molar refractivity (Wildman–Crippen MR) is 73.7 cm³/mol. The van der Waals surface area contributed by atoms with Crippen molar-refractivity contribution >= 4 is 5.91 Å². The lowest BCUT2D eigenvalue weighted by Gasteiger charge is -2.34. The summed E-state index contributed by atoms with van der Waals surface area (Å²) in [6.07, 6.45) is 1.88. The van der Waals surface area contributed by atoms with Gasteiger partial charge in [-0.3, -0.25) is 4.79 Å². The number of hydrogen-bond acceptors (Lipinski definition) is 2. The van der Waals surface area contributed by atoms with Crippen LogP contribution in [0.1, 0.15) is 35.7 Å². The molecule has 1 aliphatic rings. The number of nitrogens with one attached hydrogen (secondary N) is 1. The van der Waals surface area contributed by atoms with Crippen LogP contribution in [0.15, 0.2) is 18.2 Å². The molecule has 1 aliphatic heterocycles. The predicted octanol–water partition coefficient (Wildman–Crippen LogP) is 2.35. The molecule has 0 saturated carbocycles. The second kappa shape index (κ2) is 6.15. The van der Waals surface area contributed by atoms with Gasteiger partial charge in [-0.2, -0.15) is 0 Å². The number of carbonyl (C=O) groups excluding carboxylic acids is 1. The quantitative estimate of drug-likeness (QED) is 0.909. The van der Waals surface area contributed by atoms with E-state index in [0.717, 1.165) is 31.5 Å². The fraction of sp³-hybridized carbons (Fsp3) is 0.533. The van der Waals surface area contributed by atoms with Crippen LogP contribution in [-0.2, 0) is 0 Å². The second-order valence-electron chi connectivity index (χ2n) is 5.06. The van der Waals surface area contributed by atoms with Gasteiger partial charge < -0.3 is 10.2 Å². The van der Waals surface area contributed by atoms with Gasteiger partial charge in [0.15, 0.2) is 0 Å². The van der Waals surface area contributed by atoms with E-state index in [1.165, 1.54) is 6.07 Å². The fourth-order valence-electron chi connectivity index (χ4n) is 2.63. The topological polar surface area (TPSA) is 32.3 Å². The fourth-order valence-corrected chi connectivity index (χ4v) is 2.63. The monoisotopic (exact) mass is 264 g/mol. The van der Waals surface area contributed by atoms with Gasteiger partial charge in [-0.05, 0) is 57.5 Å². The highest BCUT2D eigenvalue weighted by Gasteiger charge is 2.26. The van der Waals surface area contributed by atoms with Gasteiger partial charge >= 0.3 is 0 Å². The van der Waals surface area contributed by atoms with Crippen LogP contribution >= 0.6 is 0 Å².